The van der Waals surface area contributed by atoms with Gasteiger partial charge in [0.15, 0.2) is 0 Å². The van der Waals surface area contributed by atoms with Crippen LogP contribution in [0, 0.1) is 0 Å². The second-order valence-corrected chi connectivity index (χ2v) is 9.66. The van der Waals surface area contributed by atoms with Crippen molar-refractivity contribution in [1.82, 2.24) is 0 Å². The van der Waals surface area contributed by atoms with Crippen LogP contribution in [-0.4, -0.2) is 13.2 Å². The lowest BCUT2D eigenvalue weighted by Crippen LogP contribution is -2.10. The number of unbranched alkanes of at least 4 members (excludes halogenated alkanes) is 3. The van der Waals surface area contributed by atoms with Crippen molar-refractivity contribution in [3.8, 4) is 11.5 Å². The molecule has 2 heteroatoms. The summed E-state index contributed by atoms with van der Waals surface area (Å²) in [5, 5.41) is 0. The molecule has 0 N–H and O–H groups in total. The zero-order valence-electron chi connectivity index (χ0n) is 18.7. The molecule has 2 rings (SSSR count). The van der Waals surface area contributed by atoms with E-state index in [-0.39, 0.29) is 10.8 Å². The molecule has 0 saturated heterocycles. The van der Waals surface area contributed by atoms with Crippen LogP contribution in [0.15, 0.2) is 48.5 Å². The van der Waals surface area contributed by atoms with E-state index in [0.717, 1.165) is 37.6 Å². The molecule has 0 aliphatic carbocycles. The van der Waals surface area contributed by atoms with Gasteiger partial charge >= 0.3 is 0 Å². The molecule has 2 nitrogen and oxygen atoms in total. The summed E-state index contributed by atoms with van der Waals surface area (Å²) in [6.07, 6.45) is 4.52. The second-order valence-electron chi connectivity index (χ2n) is 9.66. The van der Waals surface area contributed by atoms with Gasteiger partial charge in [-0.05, 0) is 71.9 Å². The number of benzene rings is 2. The predicted octanol–water partition coefficient (Wildman–Crippen LogP) is 7.30. The van der Waals surface area contributed by atoms with Gasteiger partial charge < -0.3 is 9.47 Å². The molecule has 154 valence electrons. The molecular weight excluding hydrogens is 344 g/mol. The van der Waals surface area contributed by atoms with E-state index in [2.05, 4.69) is 90.1 Å². The number of hydrogen-bond acceptors (Lipinski definition) is 2. The van der Waals surface area contributed by atoms with Gasteiger partial charge in [0, 0.05) is 0 Å². The molecule has 0 aliphatic heterocycles. The van der Waals surface area contributed by atoms with Crippen LogP contribution in [0.4, 0.5) is 0 Å². The van der Waals surface area contributed by atoms with Gasteiger partial charge in [-0.15, -0.1) is 0 Å². The first-order chi connectivity index (χ1) is 13.2. The lowest BCUT2D eigenvalue weighted by atomic mass is 9.87. The van der Waals surface area contributed by atoms with Crippen LogP contribution in [0.1, 0.15) is 78.4 Å². The highest BCUT2D eigenvalue weighted by atomic mass is 16.5. The van der Waals surface area contributed by atoms with Crippen molar-refractivity contribution in [2.75, 3.05) is 13.2 Å². The summed E-state index contributed by atoms with van der Waals surface area (Å²) in [5.41, 5.74) is 3.06. The molecule has 28 heavy (non-hydrogen) atoms. The first-order valence-electron chi connectivity index (χ1n) is 10.6. The van der Waals surface area contributed by atoms with Gasteiger partial charge in [0.1, 0.15) is 11.5 Å². The van der Waals surface area contributed by atoms with Crippen LogP contribution in [0.2, 0.25) is 0 Å². The molecule has 0 atom stereocenters. The fraction of sp³-hybridized carbons (Fsp3) is 0.538. The van der Waals surface area contributed by atoms with Crippen LogP contribution < -0.4 is 9.47 Å². The maximum absolute atomic E-state index is 5.86. The molecule has 0 unspecified atom stereocenters. The molecule has 0 aliphatic rings. The molecule has 0 fully saturated rings. The van der Waals surface area contributed by atoms with E-state index >= 15 is 0 Å². The average Bonchev–Trinajstić information content (AvgIpc) is 2.63. The molecule has 0 bridgehead atoms. The Hall–Kier alpha value is -1.96. The van der Waals surface area contributed by atoms with E-state index in [4.69, 9.17) is 9.47 Å². The van der Waals surface area contributed by atoms with Gasteiger partial charge in [-0.2, -0.15) is 0 Å². The van der Waals surface area contributed by atoms with Gasteiger partial charge in [0.05, 0.1) is 13.2 Å². The van der Waals surface area contributed by atoms with E-state index in [9.17, 15) is 0 Å². The minimum atomic E-state index is 0.190. The minimum absolute atomic E-state index is 0.190. The van der Waals surface area contributed by atoms with E-state index in [1.807, 2.05) is 0 Å². The van der Waals surface area contributed by atoms with E-state index in [1.165, 1.54) is 24.0 Å². The van der Waals surface area contributed by atoms with Gasteiger partial charge in [-0.3, -0.25) is 0 Å². The van der Waals surface area contributed by atoms with Crippen molar-refractivity contribution in [3.05, 3.63) is 59.7 Å². The molecule has 0 radical (unpaired) electrons. The van der Waals surface area contributed by atoms with Crippen LogP contribution in [0.5, 0.6) is 11.5 Å². The Labute approximate surface area is 172 Å². The SMILES string of the molecule is CC(C)(C)c1ccc(OCCCCCCOc2ccc(C(C)(C)C)cc2)cc1. The third-order valence-electron chi connectivity index (χ3n) is 5.02. The van der Waals surface area contributed by atoms with Crippen molar-refractivity contribution in [2.45, 2.75) is 78.1 Å². The van der Waals surface area contributed by atoms with Crippen molar-refractivity contribution in [2.24, 2.45) is 0 Å². The highest BCUT2D eigenvalue weighted by Crippen LogP contribution is 2.25. The van der Waals surface area contributed by atoms with Crippen LogP contribution >= 0.6 is 0 Å². The Balaban J connectivity index is 1.55. The molecule has 2 aromatic rings. The van der Waals surface area contributed by atoms with E-state index in [1.54, 1.807) is 0 Å². The zero-order chi connectivity index (χ0) is 20.6. The summed E-state index contributed by atoms with van der Waals surface area (Å²) in [7, 11) is 0. The average molecular weight is 383 g/mol. The first kappa shape index (κ1) is 22.3. The quantitative estimate of drug-likeness (QED) is 0.424. The van der Waals surface area contributed by atoms with E-state index in [0.29, 0.717) is 0 Å². The third kappa shape index (κ3) is 7.58. The molecule has 0 spiro atoms. The van der Waals surface area contributed by atoms with Crippen LogP contribution in [-0.2, 0) is 10.8 Å². The van der Waals surface area contributed by atoms with E-state index < -0.39 is 0 Å². The summed E-state index contributed by atoms with van der Waals surface area (Å²) >= 11 is 0. The third-order valence-corrected chi connectivity index (χ3v) is 5.02. The molecule has 0 aromatic heterocycles. The second kappa shape index (κ2) is 10.0. The Bertz CT molecular complexity index is 622. The Morgan fingerprint density at radius 2 is 0.821 bits per heavy atom. The maximum atomic E-state index is 5.86. The van der Waals surface area contributed by atoms with Crippen molar-refractivity contribution >= 4 is 0 Å². The summed E-state index contributed by atoms with van der Waals surface area (Å²) in [6, 6.07) is 17.0. The number of rotatable bonds is 9. The highest BCUT2D eigenvalue weighted by molar-refractivity contribution is 5.31. The van der Waals surface area contributed by atoms with Gasteiger partial charge in [-0.25, -0.2) is 0 Å². The Morgan fingerprint density at radius 1 is 0.500 bits per heavy atom. The molecular formula is C26H38O2. The zero-order valence-corrected chi connectivity index (χ0v) is 18.7. The predicted molar refractivity (Wildman–Crippen MR) is 120 cm³/mol. The largest absolute Gasteiger partial charge is 0.494 e. The Kier molecular flexibility index (Phi) is 7.98. The summed E-state index contributed by atoms with van der Waals surface area (Å²) in [6.45, 7) is 14.9. The number of hydrogen-bond donors (Lipinski definition) is 0. The maximum Gasteiger partial charge on any atom is 0.119 e. The summed E-state index contributed by atoms with van der Waals surface area (Å²) < 4.78 is 11.7. The van der Waals surface area contributed by atoms with Crippen LogP contribution in [0.3, 0.4) is 0 Å². The van der Waals surface area contributed by atoms with Crippen LogP contribution in [0.25, 0.3) is 0 Å². The smallest absolute Gasteiger partial charge is 0.119 e. The van der Waals surface area contributed by atoms with Gasteiger partial charge in [-0.1, -0.05) is 65.8 Å². The summed E-state index contributed by atoms with van der Waals surface area (Å²) in [4.78, 5) is 0. The monoisotopic (exact) mass is 382 g/mol. The summed E-state index contributed by atoms with van der Waals surface area (Å²) in [5.74, 6) is 1.94. The van der Waals surface area contributed by atoms with Crippen molar-refractivity contribution in [1.29, 1.82) is 0 Å². The first-order valence-corrected chi connectivity index (χ1v) is 10.6. The molecule has 0 heterocycles. The topological polar surface area (TPSA) is 18.5 Å². The van der Waals surface area contributed by atoms with Crippen molar-refractivity contribution < 1.29 is 9.47 Å². The highest BCUT2D eigenvalue weighted by Gasteiger charge is 2.13. The molecule has 0 amide bonds. The fourth-order valence-corrected chi connectivity index (χ4v) is 3.04. The fourth-order valence-electron chi connectivity index (χ4n) is 3.04. The molecule has 2 aromatic carbocycles. The lowest BCUT2D eigenvalue weighted by Gasteiger charge is -2.19. The Morgan fingerprint density at radius 3 is 1.11 bits per heavy atom. The van der Waals surface area contributed by atoms with Gasteiger partial charge in [0.2, 0.25) is 0 Å². The lowest BCUT2D eigenvalue weighted by molar-refractivity contribution is 0.287. The normalized spacial score (nSPS) is 12.1. The number of ether oxygens (including phenoxy) is 2. The van der Waals surface area contributed by atoms with Crippen molar-refractivity contribution in [3.63, 3.8) is 0 Å². The minimum Gasteiger partial charge on any atom is -0.494 e. The van der Waals surface area contributed by atoms with Gasteiger partial charge in [0.25, 0.3) is 0 Å². The standard InChI is InChI=1S/C26H38O2/c1-25(2,3)21-11-15-23(16-12-21)27-19-9-7-8-10-20-28-24-17-13-22(14-18-24)26(4,5)6/h11-18H,7-10,19-20H2,1-6H3. The molecule has 0 saturated carbocycles.